The summed E-state index contributed by atoms with van der Waals surface area (Å²) in [7, 11) is 0. The monoisotopic (exact) mass is 423 g/mol. The standard InChI is InChI=1S/C25H29NO5/c1-6-14-26-17(4)22(24(27)29-7-2)16(3)23(18(26)5)25(28)31-30-21-13-12-19-10-8-9-11-20(19)15-21/h8-13,15-16H,6-7,14H2,1-5H3. The van der Waals surface area contributed by atoms with Crippen LogP contribution in [-0.4, -0.2) is 30.0 Å². The molecule has 0 amide bonds. The molecule has 31 heavy (non-hydrogen) atoms. The number of hydrogen-bond acceptors (Lipinski definition) is 6. The Labute approximate surface area is 183 Å². The molecule has 1 unspecified atom stereocenters. The van der Waals surface area contributed by atoms with Gasteiger partial charge < -0.3 is 9.64 Å². The van der Waals surface area contributed by atoms with Crippen molar-refractivity contribution in [3.63, 3.8) is 0 Å². The van der Waals surface area contributed by atoms with Crippen LogP contribution < -0.4 is 4.89 Å². The van der Waals surface area contributed by atoms with Crippen LogP contribution in [0.3, 0.4) is 0 Å². The van der Waals surface area contributed by atoms with E-state index in [4.69, 9.17) is 14.5 Å². The predicted octanol–water partition coefficient (Wildman–Crippen LogP) is 5.15. The Hall–Kier alpha value is -3.28. The molecule has 0 spiro atoms. The summed E-state index contributed by atoms with van der Waals surface area (Å²) in [6.45, 7) is 10.3. The molecule has 0 N–H and O–H groups in total. The fraction of sp³-hybridized carbons (Fsp3) is 0.360. The Bertz CT molecular complexity index is 1050. The summed E-state index contributed by atoms with van der Waals surface area (Å²) in [6, 6.07) is 13.3. The van der Waals surface area contributed by atoms with Gasteiger partial charge in [0.2, 0.25) is 0 Å². The van der Waals surface area contributed by atoms with Gasteiger partial charge in [0.05, 0.1) is 17.8 Å². The molecule has 164 valence electrons. The second kappa shape index (κ2) is 9.69. The molecular formula is C25H29NO5. The first-order chi connectivity index (χ1) is 14.9. The van der Waals surface area contributed by atoms with Crippen LogP contribution in [0.25, 0.3) is 10.8 Å². The fourth-order valence-electron chi connectivity index (χ4n) is 4.08. The molecule has 0 fully saturated rings. The highest BCUT2D eigenvalue weighted by atomic mass is 17.2. The zero-order valence-electron chi connectivity index (χ0n) is 18.7. The molecule has 2 aromatic rings. The number of hydrogen-bond donors (Lipinski definition) is 0. The van der Waals surface area contributed by atoms with Crippen molar-refractivity contribution < 1.29 is 24.1 Å². The van der Waals surface area contributed by atoms with E-state index in [0.29, 0.717) is 23.4 Å². The molecule has 1 aliphatic heterocycles. The van der Waals surface area contributed by atoms with Gasteiger partial charge in [0.25, 0.3) is 0 Å². The Morgan fingerprint density at radius 2 is 1.58 bits per heavy atom. The molecule has 1 atom stereocenters. The average Bonchev–Trinajstić information content (AvgIpc) is 2.75. The van der Waals surface area contributed by atoms with E-state index < -0.39 is 17.9 Å². The van der Waals surface area contributed by atoms with Crippen LogP contribution >= 0.6 is 0 Å². The molecule has 0 saturated carbocycles. The van der Waals surface area contributed by atoms with E-state index in [1.54, 1.807) is 13.0 Å². The van der Waals surface area contributed by atoms with Gasteiger partial charge in [0.15, 0.2) is 5.75 Å². The molecule has 1 heterocycles. The second-order valence-corrected chi connectivity index (χ2v) is 7.56. The zero-order chi connectivity index (χ0) is 22.5. The molecule has 3 rings (SSSR count). The normalized spacial score (nSPS) is 16.5. The number of rotatable bonds is 7. The Morgan fingerprint density at radius 3 is 2.23 bits per heavy atom. The first-order valence-electron chi connectivity index (χ1n) is 10.6. The quantitative estimate of drug-likeness (QED) is 0.349. The van der Waals surface area contributed by atoms with Crippen LogP contribution in [0.15, 0.2) is 65.0 Å². The number of benzene rings is 2. The number of carbonyl (C=O) groups is 2. The van der Waals surface area contributed by atoms with Crippen molar-refractivity contribution >= 4 is 22.7 Å². The maximum atomic E-state index is 13.0. The van der Waals surface area contributed by atoms with Gasteiger partial charge in [-0.3, -0.25) is 4.89 Å². The largest absolute Gasteiger partial charge is 0.463 e. The van der Waals surface area contributed by atoms with E-state index in [2.05, 4.69) is 0 Å². The summed E-state index contributed by atoms with van der Waals surface area (Å²) in [4.78, 5) is 38.2. The lowest BCUT2D eigenvalue weighted by Gasteiger charge is -2.36. The third-order valence-corrected chi connectivity index (χ3v) is 5.55. The van der Waals surface area contributed by atoms with Crippen LogP contribution in [0.5, 0.6) is 5.75 Å². The topological polar surface area (TPSA) is 65.1 Å². The van der Waals surface area contributed by atoms with Crippen LogP contribution in [0, 0.1) is 5.92 Å². The Kier molecular flexibility index (Phi) is 7.00. The minimum Gasteiger partial charge on any atom is -0.463 e. The average molecular weight is 424 g/mol. The molecule has 1 aliphatic rings. The first-order valence-corrected chi connectivity index (χ1v) is 10.6. The van der Waals surface area contributed by atoms with Gasteiger partial charge in [0, 0.05) is 23.9 Å². The maximum absolute atomic E-state index is 13.0. The molecule has 2 aromatic carbocycles. The van der Waals surface area contributed by atoms with Crippen molar-refractivity contribution in [2.24, 2.45) is 5.92 Å². The van der Waals surface area contributed by atoms with Gasteiger partial charge in [-0.25, -0.2) is 14.5 Å². The van der Waals surface area contributed by atoms with Crippen LogP contribution in [0.1, 0.15) is 41.0 Å². The minimum atomic E-state index is -0.617. The molecule has 0 radical (unpaired) electrons. The number of nitrogens with zero attached hydrogens (tertiary/aromatic N) is 1. The van der Waals surface area contributed by atoms with E-state index in [1.807, 2.05) is 69.0 Å². The predicted molar refractivity (Wildman–Crippen MR) is 119 cm³/mol. The van der Waals surface area contributed by atoms with E-state index in [9.17, 15) is 9.59 Å². The first kappa shape index (κ1) is 22.4. The van der Waals surface area contributed by atoms with Gasteiger partial charge in [-0.2, -0.15) is 0 Å². The molecule has 6 heteroatoms. The molecule has 0 aliphatic carbocycles. The smallest absolute Gasteiger partial charge is 0.384 e. The minimum absolute atomic E-state index is 0.268. The van der Waals surface area contributed by atoms with E-state index in [0.717, 1.165) is 28.6 Å². The van der Waals surface area contributed by atoms with Gasteiger partial charge >= 0.3 is 11.9 Å². The van der Waals surface area contributed by atoms with Gasteiger partial charge in [0.1, 0.15) is 0 Å². The lowest BCUT2D eigenvalue weighted by Crippen LogP contribution is -2.36. The lowest BCUT2D eigenvalue weighted by atomic mass is 9.86. The number of esters is 1. The summed E-state index contributed by atoms with van der Waals surface area (Å²) in [5.41, 5.74) is 2.42. The van der Waals surface area contributed by atoms with Crippen molar-refractivity contribution in [2.75, 3.05) is 13.2 Å². The zero-order valence-corrected chi connectivity index (χ0v) is 18.7. The molecule has 0 bridgehead atoms. The highest BCUT2D eigenvalue weighted by Crippen LogP contribution is 2.36. The summed E-state index contributed by atoms with van der Waals surface area (Å²) in [5.74, 6) is -1.08. The van der Waals surface area contributed by atoms with Crippen molar-refractivity contribution in [1.29, 1.82) is 0 Å². The van der Waals surface area contributed by atoms with Gasteiger partial charge in [-0.15, -0.1) is 0 Å². The summed E-state index contributed by atoms with van der Waals surface area (Å²) in [5, 5.41) is 2.05. The third kappa shape index (κ3) is 4.58. The van der Waals surface area contributed by atoms with Crippen molar-refractivity contribution in [3.8, 4) is 5.75 Å². The summed E-state index contributed by atoms with van der Waals surface area (Å²) < 4.78 is 5.25. The van der Waals surface area contributed by atoms with Crippen LogP contribution in [-0.2, 0) is 19.2 Å². The van der Waals surface area contributed by atoms with Crippen LogP contribution in [0.2, 0.25) is 0 Å². The fourth-order valence-corrected chi connectivity index (χ4v) is 4.08. The molecule has 0 aromatic heterocycles. The lowest BCUT2D eigenvalue weighted by molar-refractivity contribution is -0.209. The second-order valence-electron chi connectivity index (χ2n) is 7.56. The maximum Gasteiger partial charge on any atom is 0.384 e. The van der Waals surface area contributed by atoms with Crippen molar-refractivity contribution in [2.45, 2.75) is 41.0 Å². The number of carbonyl (C=O) groups excluding carboxylic acids is 2. The number of allylic oxidation sites excluding steroid dienone is 2. The Balaban J connectivity index is 1.85. The number of ether oxygens (including phenoxy) is 1. The third-order valence-electron chi connectivity index (χ3n) is 5.55. The van der Waals surface area contributed by atoms with Gasteiger partial charge in [-0.1, -0.05) is 44.2 Å². The summed E-state index contributed by atoms with van der Waals surface area (Å²) >= 11 is 0. The van der Waals surface area contributed by atoms with E-state index in [1.165, 1.54) is 0 Å². The molecule has 0 saturated heterocycles. The van der Waals surface area contributed by atoms with Crippen LogP contribution in [0.4, 0.5) is 0 Å². The molecular weight excluding hydrogens is 394 g/mol. The highest BCUT2D eigenvalue weighted by molar-refractivity contribution is 5.97. The molecule has 6 nitrogen and oxygen atoms in total. The summed E-state index contributed by atoms with van der Waals surface area (Å²) in [6.07, 6.45) is 0.856. The SMILES string of the molecule is CCCN1C(C)=C(C(=O)OCC)C(C)C(C(=O)OOc2ccc3ccccc3c2)=C1C. The van der Waals surface area contributed by atoms with Crippen molar-refractivity contribution in [3.05, 3.63) is 65.0 Å². The van der Waals surface area contributed by atoms with Gasteiger partial charge in [-0.05, 0) is 50.1 Å². The van der Waals surface area contributed by atoms with E-state index >= 15 is 0 Å². The highest BCUT2D eigenvalue weighted by Gasteiger charge is 2.37. The number of fused-ring (bicyclic) bond motifs is 1. The van der Waals surface area contributed by atoms with E-state index in [-0.39, 0.29) is 6.61 Å². The van der Waals surface area contributed by atoms with Crippen molar-refractivity contribution in [1.82, 2.24) is 4.90 Å². The Morgan fingerprint density at radius 1 is 0.935 bits per heavy atom.